The highest BCUT2D eigenvalue weighted by Crippen LogP contribution is 2.16. The molecule has 0 saturated carbocycles. The van der Waals surface area contributed by atoms with Gasteiger partial charge in [-0.15, -0.1) is 11.8 Å². The molecule has 2 aromatic carbocycles. The maximum absolute atomic E-state index is 12.9. The Labute approximate surface area is 172 Å². The second-order valence-electron chi connectivity index (χ2n) is 7.32. The van der Waals surface area contributed by atoms with Crippen molar-refractivity contribution in [2.24, 2.45) is 0 Å². The molecule has 1 N–H and O–H groups in total. The van der Waals surface area contributed by atoms with Crippen molar-refractivity contribution in [2.45, 2.75) is 52.1 Å². The normalized spacial score (nSPS) is 11.9. The summed E-state index contributed by atoms with van der Waals surface area (Å²) in [6.45, 7) is 8.13. The zero-order valence-electron chi connectivity index (χ0n) is 17.1. The van der Waals surface area contributed by atoms with E-state index in [4.69, 9.17) is 0 Å². The Kier molecular flexibility index (Phi) is 8.58. The Bertz CT molecular complexity index is 760. The smallest absolute Gasteiger partial charge is 0.242 e. The molecule has 2 aromatic rings. The number of aryl methyl sites for hydroxylation is 1. The van der Waals surface area contributed by atoms with E-state index in [1.807, 2.05) is 44.2 Å². The number of thioether (sulfide) groups is 1. The number of carbonyl (C=O) groups is 2. The average molecular weight is 399 g/mol. The molecule has 5 heteroatoms. The molecule has 150 valence electrons. The molecule has 1 atom stereocenters. The van der Waals surface area contributed by atoms with Crippen LogP contribution in [0.4, 0.5) is 0 Å². The first-order chi connectivity index (χ1) is 13.4. The van der Waals surface area contributed by atoms with Crippen LogP contribution in [0, 0.1) is 6.92 Å². The van der Waals surface area contributed by atoms with Gasteiger partial charge in [0.2, 0.25) is 11.8 Å². The van der Waals surface area contributed by atoms with E-state index in [-0.39, 0.29) is 17.9 Å². The minimum atomic E-state index is -0.518. The second kappa shape index (κ2) is 10.9. The van der Waals surface area contributed by atoms with E-state index in [9.17, 15) is 9.59 Å². The van der Waals surface area contributed by atoms with Crippen LogP contribution in [0.3, 0.4) is 0 Å². The molecule has 0 aliphatic rings. The van der Waals surface area contributed by atoms with E-state index in [0.29, 0.717) is 12.3 Å². The van der Waals surface area contributed by atoms with Crippen LogP contribution in [0.15, 0.2) is 54.6 Å². The van der Waals surface area contributed by atoms with Crippen molar-refractivity contribution < 1.29 is 9.59 Å². The molecule has 28 heavy (non-hydrogen) atoms. The molecule has 0 fully saturated rings. The Morgan fingerprint density at radius 2 is 1.61 bits per heavy atom. The molecule has 0 bridgehead atoms. The number of nitrogens with one attached hydrogen (secondary N) is 1. The number of benzene rings is 2. The molecule has 2 rings (SSSR count). The fourth-order valence-electron chi connectivity index (χ4n) is 2.79. The average Bonchev–Trinajstić information content (AvgIpc) is 2.67. The van der Waals surface area contributed by atoms with E-state index in [0.717, 1.165) is 11.3 Å². The van der Waals surface area contributed by atoms with Gasteiger partial charge in [-0.2, -0.15) is 0 Å². The van der Waals surface area contributed by atoms with Crippen LogP contribution in [0.25, 0.3) is 0 Å². The van der Waals surface area contributed by atoms with Gasteiger partial charge in [0.1, 0.15) is 6.04 Å². The van der Waals surface area contributed by atoms with Crippen molar-refractivity contribution in [1.82, 2.24) is 10.2 Å². The monoisotopic (exact) mass is 398 g/mol. The third kappa shape index (κ3) is 7.04. The summed E-state index contributed by atoms with van der Waals surface area (Å²) in [5, 5.41) is 2.91. The summed E-state index contributed by atoms with van der Waals surface area (Å²) in [6.07, 6.45) is 0. The lowest BCUT2D eigenvalue weighted by molar-refractivity contribution is -0.138. The van der Waals surface area contributed by atoms with Gasteiger partial charge in [0.05, 0.1) is 5.75 Å². The Hall–Kier alpha value is -2.27. The lowest BCUT2D eigenvalue weighted by atomic mass is 10.1. The zero-order chi connectivity index (χ0) is 20.5. The van der Waals surface area contributed by atoms with Crippen molar-refractivity contribution >= 4 is 23.6 Å². The Morgan fingerprint density at radius 3 is 2.21 bits per heavy atom. The quantitative estimate of drug-likeness (QED) is 0.690. The molecule has 0 radical (unpaired) electrons. The van der Waals surface area contributed by atoms with Gasteiger partial charge in [0.25, 0.3) is 0 Å². The van der Waals surface area contributed by atoms with E-state index < -0.39 is 6.04 Å². The predicted molar refractivity (Wildman–Crippen MR) is 117 cm³/mol. The first-order valence-electron chi connectivity index (χ1n) is 9.64. The first-order valence-corrected chi connectivity index (χ1v) is 10.8. The Balaban J connectivity index is 2.02. The largest absolute Gasteiger partial charge is 0.352 e. The summed E-state index contributed by atoms with van der Waals surface area (Å²) in [4.78, 5) is 27.1. The number of rotatable bonds is 9. The summed E-state index contributed by atoms with van der Waals surface area (Å²) in [7, 11) is 0. The molecule has 0 unspecified atom stereocenters. The molecule has 0 aromatic heterocycles. The number of carbonyl (C=O) groups excluding carboxylic acids is 2. The van der Waals surface area contributed by atoms with E-state index in [2.05, 4.69) is 36.5 Å². The van der Waals surface area contributed by atoms with Gasteiger partial charge in [0.15, 0.2) is 0 Å². The molecule has 0 heterocycles. The summed E-state index contributed by atoms with van der Waals surface area (Å²) in [5.41, 5.74) is 3.44. The van der Waals surface area contributed by atoms with Crippen LogP contribution < -0.4 is 5.32 Å². The molecule has 0 spiro atoms. The van der Waals surface area contributed by atoms with Gasteiger partial charge in [-0.25, -0.2) is 0 Å². The lowest BCUT2D eigenvalue weighted by Gasteiger charge is -2.29. The number of amides is 2. The van der Waals surface area contributed by atoms with Crippen LogP contribution in [-0.4, -0.2) is 34.6 Å². The predicted octanol–water partition coefficient (Wildman–Crippen LogP) is 4.17. The fourth-order valence-corrected chi connectivity index (χ4v) is 3.66. The van der Waals surface area contributed by atoms with E-state index >= 15 is 0 Å². The van der Waals surface area contributed by atoms with Gasteiger partial charge in [-0.3, -0.25) is 9.59 Å². The van der Waals surface area contributed by atoms with Crippen molar-refractivity contribution in [1.29, 1.82) is 0 Å². The van der Waals surface area contributed by atoms with Crippen molar-refractivity contribution in [3.63, 3.8) is 0 Å². The molecule has 4 nitrogen and oxygen atoms in total. The Morgan fingerprint density at radius 1 is 0.964 bits per heavy atom. The minimum Gasteiger partial charge on any atom is -0.352 e. The minimum absolute atomic E-state index is 0.0210. The standard InChI is InChI=1S/C23H30N2O2S/c1-17(2)24-23(27)19(4)25(14-20-8-6-5-7-9-20)22(26)16-28-15-21-12-10-18(3)11-13-21/h5-13,17,19H,14-16H2,1-4H3,(H,24,27)/t19-/m0/s1. The number of hydrogen-bond acceptors (Lipinski definition) is 3. The van der Waals surface area contributed by atoms with Crippen molar-refractivity contribution in [3.05, 3.63) is 71.3 Å². The van der Waals surface area contributed by atoms with Crippen LogP contribution in [0.5, 0.6) is 0 Å². The highest BCUT2D eigenvalue weighted by molar-refractivity contribution is 7.99. The van der Waals surface area contributed by atoms with Gasteiger partial charge in [0, 0.05) is 18.3 Å². The van der Waals surface area contributed by atoms with Crippen LogP contribution in [0.2, 0.25) is 0 Å². The lowest BCUT2D eigenvalue weighted by Crippen LogP contribution is -2.49. The van der Waals surface area contributed by atoms with Gasteiger partial charge in [-0.05, 0) is 38.8 Å². The SMILES string of the molecule is Cc1ccc(CSCC(=O)N(Cc2ccccc2)[C@@H](C)C(=O)NC(C)C)cc1. The molecule has 0 aliphatic heterocycles. The maximum atomic E-state index is 12.9. The van der Waals surface area contributed by atoms with Crippen molar-refractivity contribution in [3.8, 4) is 0 Å². The molecule has 2 amide bonds. The maximum Gasteiger partial charge on any atom is 0.242 e. The highest BCUT2D eigenvalue weighted by Gasteiger charge is 2.26. The third-order valence-electron chi connectivity index (χ3n) is 4.41. The topological polar surface area (TPSA) is 49.4 Å². The highest BCUT2D eigenvalue weighted by atomic mass is 32.2. The molecular formula is C23H30N2O2S. The molecule has 0 aliphatic carbocycles. The van der Waals surface area contributed by atoms with Gasteiger partial charge >= 0.3 is 0 Å². The second-order valence-corrected chi connectivity index (χ2v) is 8.31. The number of nitrogens with zero attached hydrogens (tertiary/aromatic N) is 1. The van der Waals surface area contributed by atoms with Gasteiger partial charge < -0.3 is 10.2 Å². The van der Waals surface area contributed by atoms with Crippen LogP contribution in [0.1, 0.15) is 37.5 Å². The third-order valence-corrected chi connectivity index (χ3v) is 5.40. The van der Waals surface area contributed by atoms with Crippen LogP contribution in [-0.2, 0) is 21.9 Å². The van der Waals surface area contributed by atoms with Crippen LogP contribution >= 0.6 is 11.8 Å². The fraction of sp³-hybridized carbons (Fsp3) is 0.391. The van der Waals surface area contributed by atoms with E-state index in [1.54, 1.807) is 23.6 Å². The van der Waals surface area contributed by atoms with Gasteiger partial charge in [-0.1, -0.05) is 60.2 Å². The van der Waals surface area contributed by atoms with E-state index in [1.165, 1.54) is 11.1 Å². The summed E-state index contributed by atoms with van der Waals surface area (Å²) in [6, 6.07) is 17.7. The van der Waals surface area contributed by atoms with Crippen molar-refractivity contribution in [2.75, 3.05) is 5.75 Å². The zero-order valence-corrected chi connectivity index (χ0v) is 18.0. The summed E-state index contributed by atoms with van der Waals surface area (Å²) >= 11 is 1.58. The summed E-state index contributed by atoms with van der Waals surface area (Å²) in [5.74, 6) is 0.979. The first kappa shape index (κ1) is 22.0. The summed E-state index contributed by atoms with van der Waals surface area (Å²) < 4.78 is 0. The molecular weight excluding hydrogens is 368 g/mol. The number of hydrogen-bond donors (Lipinski definition) is 1. The molecule has 0 saturated heterocycles.